The number of aromatic hydroxyl groups is 1. The van der Waals surface area contributed by atoms with Gasteiger partial charge in [-0.15, -0.1) is 0 Å². The molecule has 1 aromatic rings. The molecule has 1 nitrogen and oxygen atoms in total. The summed E-state index contributed by atoms with van der Waals surface area (Å²) in [6, 6.07) is 5.74. The normalized spacial score (nSPS) is 16.8. The Hall–Kier alpha value is -0.980. The largest absolute Gasteiger partial charge is 0.508 e. The van der Waals surface area contributed by atoms with E-state index in [-0.39, 0.29) is 0 Å². The lowest BCUT2D eigenvalue weighted by atomic mass is 10.0. The van der Waals surface area contributed by atoms with Gasteiger partial charge < -0.3 is 5.11 Å². The molecular weight excluding hydrogens is 136 g/mol. The van der Waals surface area contributed by atoms with E-state index < -0.39 is 0 Å². The highest BCUT2D eigenvalue weighted by molar-refractivity contribution is 5.43. The van der Waals surface area contributed by atoms with E-state index in [4.69, 9.17) is 0 Å². The van der Waals surface area contributed by atoms with Gasteiger partial charge in [0.15, 0.2) is 0 Å². The number of aryl methyl sites for hydroxylation is 1. The van der Waals surface area contributed by atoms with Crippen molar-refractivity contribution < 1.29 is 5.11 Å². The highest BCUT2D eigenvalue weighted by Crippen LogP contribution is 2.45. The summed E-state index contributed by atoms with van der Waals surface area (Å²) in [6.07, 6.45) is 2.50. The van der Waals surface area contributed by atoms with Gasteiger partial charge in [0.2, 0.25) is 0 Å². The van der Waals surface area contributed by atoms with E-state index in [0.29, 0.717) is 11.7 Å². The van der Waals surface area contributed by atoms with Gasteiger partial charge in [-0.1, -0.05) is 12.1 Å². The minimum atomic E-state index is 0.479. The zero-order chi connectivity index (χ0) is 7.84. The zero-order valence-electron chi connectivity index (χ0n) is 6.67. The van der Waals surface area contributed by atoms with Gasteiger partial charge in [-0.25, -0.2) is 0 Å². The van der Waals surface area contributed by atoms with Gasteiger partial charge in [0, 0.05) is 0 Å². The van der Waals surface area contributed by atoms with Crippen molar-refractivity contribution in [1.82, 2.24) is 0 Å². The van der Waals surface area contributed by atoms with Crippen LogP contribution in [0.4, 0.5) is 0 Å². The van der Waals surface area contributed by atoms with Gasteiger partial charge in [-0.2, -0.15) is 0 Å². The predicted octanol–water partition coefficient (Wildman–Crippen LogP) is 2.58. The Morgan fingerprint density at radius 1 is 1.36 bits per heavy atom. The topological polar surface area (TPSA) is 20.2 Å². The minimum absolute atomic E-state index is 0.479. The Balaban J connectivity index is 2.48. The summed E-state index contributed by atoms with van der Waals surface area (Å²) < 4.78 is 0. The molecule has 0 spiro atoms. The molecule has 1 aromatic carbocycles. The fraction of sp³-hybridized carbons (Fsp3) is 0.400. The van der Waals surface area contributed by atoms with Gasteiger partial charge >= 0.3 is 0 Å². The van der Waals surface area contributed by atoms with Crippen LogP contribution in [0.2, 0.25) is 0 Å². The van der Waals surface area contributed by atoms with Crippen LogP contribution in [0.15, 0.2) is 18.2 Å². The maximum atomic E-state index is 9.50. The molecule has 0 aliphatic heterocycles. The first-order chi connectivity index (χ1) is 5.29. The van der Waals surface area contributed by atoms with E-state index >= 15 is 0 Å². The molecule has 58 valence electrons. The number of hydrogen-bond donors (Lipinski definition) is 1. The Kier molecular flexibility index (Phi) is 1.38. The molecular formula is C10H12O. The Morgan fingerprint density at radius 3 is 2.64 bits per heavy atom. The van der Waals surface area contributed by atoms with Gasteiger partial charge in [-0.3, -0.25) is 0 Å². The summed E-state index contributed by atoms with van der Waals surface area (Å²) in [5.74, 6) is 1.13. The van der Waals surface area contributed by atoms with Crippen LogP contribution in [0.1, 0.15) is 29.9 Å². The molecule has 0 bridgehead atoms. The summed E-state index contributed by atoms with van der Waals surface area (Å²) in [5, 5.41) is 9.50. The van der Waals surface area contributed by atoms with Crippen molar-refractivity contribution >= 4 is 0 Å². The third kappa shape index (κ3) is 1.11. The molecule has 0 saturated heterocycles. The Bertz CT molecular complexity index is 254. The predicted molar refractivity (Wildman–Crippen MR) is 44.8 cm³/mol. The molecule has 2 rings (SSSR count). The summed E-state index contributed by atoms with van der Waals surface area (Å²) in [6.45, 7) is 2.06. The second kappa shape index (κ2) is 2.26. The average Bonchev–Trinajstić information content (AvgIpc) is 2.70. The van der Waals surface area contributed by atoms with Crippen LogP contribution in [-0.4, -0.2) is 5.11 Å². The molecule has 0 unspecified atom stereocenters. The maximum Gasteiger partial charge on any atom is 0.119 e. The highest BCUT2D eigenvalue weighted by atomic mass is 16.3. The molecule has 1 aliphatic rings. The lowest BCUT2D eigenvalue weighted by Gasteiger charge is -2.05. The number of rotatable bonds is 1. The third-order valence-corrected chi connectivity index (χ3v) is 2.29. The molecule has 1 fully saturated rings. The van der Waals surface area contributed by atoms with Crippen molar-refractivity contribution in [1.29, 1.82) is 0 Å². The van der Waals surface area contributed by atoms with Crippen molar-refractivity contribution in [3.63, 3.8) is 0 Å². The van der Waals surface area contributed by atoms with Crippen LogP contribution < -0.4 is 0 Å². The quantitative estimate of drug-likeness (QED) is 0.649. The van der Waals surface area contributed by atoms with Crippen LogP contribution in [0, 0.1) is 6.92 Å². The van der Waals surface area contributed by atoms with Gasteiger partial charge in [-0.05, 0) is 42.9 Å². The van der Waals surface area contributed by atoms with E-state index in [1.165, 1.54) is 24.0 Å². The standard InChI is InChI=1S/C10H12O/c1-7-3-2-4-9(11)10(7)8-5-6-8/h2-4,8,11H,5-6H2,1H3. The van der Waals surface area contributed by atoms with Crippen molar-refractivity contribution in [3.05, 3.63) is 29.3 Å². The van der Waals surface area contributed by atoms with Crippen LogP contribution in [-0.2, 0) is 0 Å². The number of phenolic OH excluding ortho intramolecular Hbond substituents is 1. The third-order valence-electron chi connectivity index (χ3n) is 2.29. The first-order valence-electron chi connectivity index (χ1n) is 4.07. The highest BCUT2D eigenvalue weighted by Gasteiger charge is 2.27. The van der Waals surface area contributed by atoms with Crippen LogP contribution >= 0.6 is 0 Å². The lowest BCUT2D eigenvalue weighted by Crippen LogP contribution is -1.85. The molecule has 1 N–H and O–H groups in total. The molecule has 0 heterocycles. The maximum absolute atomic E-state index is 9.50. The molecule has 1 saturated carbocycles. The van der Waals surface area contributed by atoms with Crippen LogP contribution in [0.3, 0.4) is 0 Å². The fourth-order valence-electron chi connectivity index (χ4n) is 1.57. The van der Waals surface area contributed by atoms with E-state index in [2.05, 4.69) is 13.0 Å². The van der Waals surface area contributed by atoms with Crippen molar-refractivity contribution in [2.75, 3.05) is 0 Å². The monoisotopic (exact) mass is 148 g/mol. The van der Waals surface area contributed by atoms with Gasteiger partial charge in [0.25, 0.3) is 0 Å². The SMILES string of the molecule is Cc1cccc(O)c1C1CC1. The Labute approximate surface area is 66.7 Å². The van der Waals surface area contributed by atoms with E-state index in [1.807, 2.05) is 6.07 Å². The number of hydrogen-bond acceptors (Lipinski definition) is 1. The zero-order valence-corrected chi connectivity index (χ0v) is 6.67. The lowest BCUT2D eigenvalue weighted by molar-refractivity contribution is 0.467. The number of benzene rings is 1. The van der Waals surface area contributed by atoms with Crippen molar-refractivity contribution in [3.8, 4) is 5.75 Å². The molecule has 0 aromatic heterocycles. The smallest absolute Gasteiger partial charge is 0.119 e. The van der Waals surface area contributed by atoms with Gasteiger partial charge in [0.05, 0.1) is 0 Å². The molecule has 11 heavy (non-hydrogen) atoms. The van der Waals surface area contributed by atoms with E-state index in [0.717, 1.165) is 0 Å². The first kappa shape index (κ1) is 6.71. The minimum Gasteiger partial charge on any atom is -0.508 e. The number of phenols is 1. The van der Waals surface area contributed by atoms with E-state index in [9.17, 15) is 5.11 Å². The second-order valence-corrected chi connectivity index (χ2v) is 3.28. The molecule has 0 radical (unpaired) electrons. The average molecular weight is 148 g/mol. The Morgan fingerprint density at radius 2 is 2.09 bits per heavy atom. The molecule has 1 aliphatic carbocycles. The summed E-state index contributed by atoms with van der Waals surface area (Å²) in [4.78, 5) is 0. The summed E-state index contributed by atoms with van der Waals surface area (Å²) >= 11 is 0. The molecule has 0 amide bonds. The van der Waals surface area contributed by atoms with Gasteiger partial charge in [0.1, 0.15) is 5.75 Å². The molecule has 0 atom stereocenters. The summed E-state index contributed by atoms with van der Waals surface area (Å²) in [7, 11) is 0. The van der Waals surface area contributed by atoms with Crippen LogP contribution in [0.5, 0.6) is 5.75 Å². The van der Waals surface area contributed by atoms with Crippen LogP contribution in [0.25, 0.3) is 0 Å². The molecule has 1 heteroatoms. The fourth-order valence-corrected chi connectivity index (χ4v) is 1.57. The summed E-state index contributed by atoms with van der Waals surface area (Å²) in [5.41, 5.74) is 2.40. The van der Waals surface area contributed by atoms with E-state index in [1.54, 1.807) is 6.07 Å². The first-order valence-corrected chi connectivity index (χ1v) is 4.07. The van der Waals surface area contributed by atoms with Crippen molar-refractivity contribution in [2.45, 2.75) is 25.7 Å². The van der Waals surface area contributed by atoms with Crippen molar-refractivity contribution in [2.24, 2.45) is 0 Å². The second-order valence-electron chi connectivity index (χ2n) is 3.28.